The number of ether oxygens (including phenoxy) is 1. The highest BCUT2D eigenvalue weighted by atomic mass is 19.1. The SMILES string of the molecule is CO[C@H](C(=O)O)c1ccc(O)cc1F. The maximum Gasteiger partial charge on any atom is 0.337 e. The molecular formula is C9H9FO4. The van der Waals surface area contributed by atoms with Gasteiger partial charge in [0.1, 0.15) is 11.6 Å². The molecule has 1 rings (SSSR count). The molecule has 1 atom stereocenters. The van der Waals surface area contributed by atoms with Crippen LogP contribution >= 0.6 is 0 Å². The third kappa shape index (κ3) is 2.00. The first-order valence-electron chi connectivity index (χ1n) is 3.80. The van der Waals surface area contributed by atoms with Crippen LogP contribution in [-0.4, -0.2) is 23.3 Å². The van der Waals surface area contributed by atoms with E-state index in [1.807, 2.05) is 0 Å². The van der Waals surface area contributed by atoms with Gasteiger partial charge in [0.25, 0.3) is 0 Å². The predicted octanol–water partition coefficient (Wildman–Crippen LogP) is 1.30. The molecular weight excluding hydrogens is 191 g/mol. The summed E-state index contributed by atoms with van der Waals surface area (Å²) in [5.41, 5.74) is -0.113. The quantitative estimate of drug-likeness (QED) is 0.771. The minimum absolute atomic E-state index is 0.113. The number of rotatable bonds is 3. The first-order chi connectivity index (χ1) is 6.56. The first kappa shape index (κ1) is 10.5. The standard InChI is InChI=1S/C9H9FO4/c1-14-8(9(12)13)6-3-2-5(11)4-7(6)10/h2-4,8,11H,1H3,(H,12,13)/t8-/m0/s1. The number of benzene rings is 1. The Morgan fingerprint density at radius 2 is 2.21 bits per heavy atom. The lowest BCUT2D eigenvalue weighted by Crippen LogP contribution is -2.14. The van der Waals surface area contributed by atoms with E-state index in [2.05, 4.69) is 4.74 Å². The van der Waals surface area contributed by atoms with Crippen LogP contribution < -0.4 is 0 Å². The van der Waals surface area contributed by atoms with Gasteiger partial charge in [-0.05, 0) is 12.1 Å². The molecule has 0 aliphatic rings. The van der Waals surface area contributed by atoms with Crippen LogP contribution in [-0.2, 0) is 9.53 Å². The summed E-state index contributed by atoms with van der Waals surface area (Å²) in [5, 5.41) is 17.6. The zero-order valence-corrected chi connectivity index (χ0v) is 7.40. The molecule has 76 valence electrons. The fourth-order valence-electron chi connectivity index (χ4n) is 1.09. The van der Waals surface area contributed by atoms with Crippen LogP contribution in [0.5, 0.6) is 5.75 Å². The molecule has 0 saturated heterocycles. The number of halogens is 1. The van der Waals surface area contributed by atoms with Crippen molar-refractivity contribution in [2.24, 2.45) is 0 Å². The molecule has 0 heterocycles. The lowest BCUT2D eigenvalue weighted by Gasteiger charge is -2.11. The molecule has 0 aromatic heterocycles. The van der Waals surface area contributed by atoms with Crippen molar-refractivity contribution in [1.29, 1.82) is 0 Å². The third-order valence-corrected chi connectivity index (χ3v) is 1.73. The molecule has 0 saturated carbocycles. The van der Waals surface area contributed by atoms with Crippen LogP contribution in [0.3, 0.4) is 0 Å². The molecule has 0 aliphatic carbocycles. The van der Waals surface area contributed by atoms with Gasteiger partial charge in [0.05, 0.1) is 0 Å². The zero-order valence-electron chi connectivity index (χ0n) is 7.40. The molecule has 4 nitrogen and oxygen atoms in total. The van der Waals surface area contributed by atoms with Crippen LogP contribution in [0.15, 0.2) is 18.2 Å². The number of aliphatic carboxylic acids is 1. The number of carboxylic acids is 1. The lowest BCUT2D eigenvalue weighted by atomic mass is 10.1. The van der Waals surface area contributed by atoms with E-state index >= 15 is 0 Å². The van der Waals surface area contributed by atoms with E-state index in [-0.39, 0.29) is 11.3 Å². The molecule has 0 bridgehead atoms. The highest BCUT2D eigenvalue weighted by Gasteiger charge is 2.22. The average Bonchev–Trinajstić information content (AvgIpc) is 2.09. The van der Waals surface area contributed by atoms with Crippen molar-refractivity contribution >= 4 is 5.97 Å². The summed E-state index contributed by atoms with van der Waals surface area (Å²) in [6.45, 7) is 0. The van der Waals surface area contributed by atoms with E-state index in [1.54, 1.807) is 0 Å². The van der Waals surface area contributed by atoms with Gasteiger partial charge in [-0.1, -0.05) is 0 Å². The van der Waals surface area contributed by atoms with E-state index < -0.39 is 17.9 Å². The minimum Gasteiger partial charge on any atom is -0.508 e. The Balaban J connectivity index is 3.10. The van der Waals surface area contributed by atoms with Gasteiger partial charge >= 0.3 is 5.97 Å². The van der Waals surface area contributed by atoms with E-state index in [1.165, 1.54) is 19.2 Å². The van der Waals surface area contributed by atoms with Gasteiger partial charge in [0.15, 0.2) is 6.10 Å². The Morgan fingerprint density at radius 3 is 2.64 bits per heavy atom. The van der Waals surface area contributed by atoms with E-state index in [0.717, 1.165) is 6.07 Å². The average molecular weight is 200 g/mol. The van der Waals surface area contributed by atoms with Gasteiger partial charge < -0.3 is 14.9 Å². The fraction of sp³-hybridized carbons (Fsp3) is 0.222. The van der Waals surface area contributed by atoms with Gasteiger partial charge in [-0.2, -0.15) is 0 Å². The summed E-state index contributed by atoms with van der Waals surface area (Å²) in [4.78, 5) is 10.6. The van der Waals surface area contributed by atoms with Crippen molar-refractivity contribution in [3.63, 3.8) is 0 Å². The van der Waals surface area contributed by atoms with E-state index in [9.17, 15) is 9.18 Å². The van der Waals surface area contributed by atoms with Crippen molar-refractivity contribution in [3.05, 3.63) is 29.6 Å². The first-order valence-corrected chi connectivity index (χ1v) is 3.80. The molecule has 1 aromatic rings. The van der Waals surface area contributed by atoms with Crippen molar-refractivity contribution in [2.75, 3.05) is 7.11 Å². The molecule has 0 unspecified atom stereocenters. The van der Waals surface area contributed by atoms with Crippen molar-refractivity contribution < 1.29 is 24.1 Å². The Bertz CT molecular complexity index is 351. The van der Waals surface area contributed by atoms with Gasteiger partial charge in [0, 0.05) is 18.7 Å². The van der Waals surface area contributed by atoms with Gasteiger partial charge in [-0.3, -0.25) is 0 Å². The molecule has 0 fully saturated rings. The van der Waals surface area contributed by atoms with Gasteiger partial charge in [-0.25, -0.2) is 9.18 Å². The Hall–Kier alpha value is -1.62. The second-order valence-electron chi connectivity index (χ2n) is 2.66. The third-order valence-electron chi connectivity index (χ3n) is 1.73. The summed E-state index contributed by atoms with van der Waals surface area (Å²) < 4.78 is 17.7. The molecule has 0 aliphatic heterocycles. The molecule has 14 heavy (non-hydrogen) atoms. The van der Waals surface area contributed by atoms with Gasteiger partial charge in [0.2, 0.25) is 0 Å². The number of carboxylic acid groups (broad SMARTS) is 1. The monoisotopic (exact) mass is 200 g/mol. The van der Waals surface area contributed by atoms with E-state index in [0.29, 0.717) is 0 Å². The van der Waals surface area contributed by atoms with Crippen molar-refractivity contribution in [2.45, 2.75) is 6.10 Å². The molecule has 1 aromatic carbocycles. The summed E-state index contributed by atoms with van der Waals surface area (Å²) in [7, 11) is 1.17. The highest BCUT2D eigenvalue weighted by Crippen LogP contribution is 2.23. The normalized spacial score (nSPS) is 12.4. The second kappa shape index (κ2) is 4.06. The molecule has 2 N–H and O–H groups in total. The zero-order chi connectivity index (χ0) is 10.7. The van der Waals surface area contributed by atoms with Crippen LogP contribution in [0.2, 0.25) is 0 Å². The number of methoxy groups -OCH3 is 1. The topological polar surface area (TPSA) is 66.8 Å². The second-order valence-corrected chi connectivity index (χ2v) is 2.66. The van der Waals surface area contributed by atoms with Gasteiger partial charge in [-0.15, -0.1) is 0 Å². The molecule has 0 spiro atoms. The Kier molecular flexibility index (Phi) is 3.03. The molecule has 0 amide bonds. The van der Waals surface area contributed by atoms with Crippen LogP contribution in [0.1, 0.15) is 11.7 Å². The lowest BCUT2D eigenvalue weighted by molar-refractivity contribution is -0.149. The van der Waals surface area contributed by atoms with Crippen LogP contribution in [0, 0.1) is 5.82 Å². The molecule has 5 heteroatoms. The minimum atomic E-state index is -1.35. The maximum atomic E-state index is 13.1. The number of phenolic OH excluding ortho intramolecular Hbond substituents is 1. The van der Waals surface area contributed by atoms with Crippen molar-refractivity contribution in [3.8, 4) is 5.75 Å². The number of phenols is 1. The summed E-state index contributed by atoms with van der Waals surface area (Å²) >= 11 is 0. The predicted molar refractivity (Wildman–Crippen MR) is 45.5 cm³/mol. The Morgan fingerprint density at radius 1 is 1.57 bits per heavy atom. The summed E-state index contributed by atoms with van der Waals surface area (Å²) in [5.74, 6) is -2.34. The molecule has 0 radical (unpaired) electrons. The summed E-state index contributed by atoms with van der Waals surface area (Å²) in [6, 6.07) is 3.21. The summed E-state index contributed by atoms with van der Waals surface area (Å²) in [6.07, 6.45) is -1.35. The number of hydrogen-bond acceptors (Lipinski definition) is 3. The van der Waals surface area contributed by atoms with Crippen LogP contribution in [0.4, 0.5) is 4.39 Å². The highest BCUT2D eigenvalue weighted by molar-refractivity contribution is 5.74. The van der Waals surface area contributed by atoms with Crippen LogP contribution in [0.25, 0.3) is 0 Å². The van der Waals surface area contributed by atoms with Crippen molar-refractivity contribution in [1.82, 2.24) is 0 Å². The maximum absolute atomic E-state index is 13.1. The number of aromatic hydroxyl groups is 1. The number of hydrogen-bond donors (Lipinski definition) is 2. The fourth-order valence-corrected chi connectivity index (χ4v) is 1.09. The van der Waals surface area contributed by atoms with E-state index in [4.69, 9.17) is 10.2 Å². The Labute approximate surface area is 79.6 Å². The largest absolute Gasteiger partial charge is 0.508 e. The number of carbonyl (C=O) groups is 1. The smallest absolute Gasteiger partial charge is 0.337 e.